The third-order valence-corrected chi connectivity index (χ3v) is 2.08. The van der Waals surface area contributed by atoms with Crippen LogP contribution < -0.4 is 5.32 Å². The lowest BCUT2D eigenvalue weighted by Gasteiger charge is -2.29. The number of methoxy groups -OCH3 is 2. The van der Waals surface area contributed by atoms with E-state index in [1.54, 1.807) is 7.11 Å². The predicted molar refractivity (Wildman–Crippen MR) is 52.8 cm³/mol. The molecule has 1 saturated heterocycles. The zero-order valence-corrected chi connectivity index (χ0v) is 9.13. The van der Waals surface area contributed by atoms with Gasteiger partial charge in [0.25, 0.3) is 0 Å². The fourth-order valence-electron chi connectivity index (χ4n) is 1.36. The molecule has 1 heterocycles. The van der Waals surface area contributed by atoms with E-state index in [1.165, 1.54) is 7.11 Å². The van der Waals surface area contributed by atoms with Crippen LogP contribution in [0.3, 0.4) is 0 Å². The second-order valence-electron chi connectivity index (χ2n) is 2.88. The van der Waals surface area contributed by atoms with E-state index in [2.05, 4.69) is 10.1 Å². The molecular weight excluding hydrogens is 210 g/mol. The van der Waals surface area contributed by atoms with Gasteiger partial charge in [-0.3, -0.25) is 0 Å². The number of ether oxygens (including phenoxy) is 3. The Morgan fingerprint density at radius 3 is 2.64 bits per heavy atom. The van der Waals surface area contributed by atoms with Gasteiger partial charge in [-0.25, -0.2) is 4.79 Å². The number of carbonyl (C=O) groups is 1. The van der Waals surface area contributed by atoms with Crippen molar-refractivity contribution in [2.45, 2.75) is 18.6 Å². The van der Waals surface area contributed by atoms with Gasteiger partial charge in [0.05, 0.1) is 13.2 Å². The predicted octanol–water partition coefficient (Wildman–Crippen LogP) is 0.568. The zero-order valence-electron chi connectivity index (χ0n) is 8.32. The summed E-state index contributed by atoms with van der Waals surface area (Å²) in [6, 6.07) is 0. The van der Waals surface area contributed by atoms with Gasteiger partial charge in [0.2, 0.25) is 0 Å². The van der Waals surface area contributed by atoms with Crippen LogP contribution in [-0.4, -0.2) is 45.7 Å². The number of hydrogen-bond acceptors (Lipinski definition) is 5. The van der Waals surface area contributed by atoms with Gasteiger partial charge in [-0.1, -0.05) is 0 Å². The summed E-state index contributed by atoms with van der Waals surface area (Å²) in [6.07, 6.45) is -0.0830. The summed E-state index contributed by atoms with van der Waals surface area (Å²) in [5.74, 6) is 0. The molecule has 14 heavy (non-hydrogen) atoms. The maximum Gasteiger partial charge on any atom is 0.508 e. The van der Waals surface area contributed by atoms with Crippen molar-refractivity contribution < 1.29 is 19.0 Å². The molecule has 84 valence electrons. The first-order valence-corrected chi connectivity index (χ1v) is 4.26. The minimum atomic E-state index is -0.657. The van der Waals surface area contributed by atoms with E-state index in [4.69, 9.17) is 9.47 Å². The van der Waals surface area contributed by atoms with Crippen LogP contribution in [0.2, 0.25) is 0 Å². The van der Waals surface area contributed by atoms with Crippen molar-refractivity contribution in [3.05, 3.63) is 0 Å². The van der Waals surface area contributed by atoms with Crippen LogP contribution in [0, 0.1) is 0 Å². The molecule has 0 aliphatic carbocycles. The molecule has 0 aromatic carbocycles. The topological polar surface area (TPSA) is 56.8 Å². The van der Waals surface area contributed by atoms with Crippen LogP contribution in [0.4, 0.5) is 4.79 Å². The lowest BCUT2D eigenvalue weighted by molar-refractivity contribution is -0.0549. The SMILES string of the molecule is COC(=O)O[C@H]1CNCC[C@H]1OC.Cl. The molecule has 1 rings (SSSR count). The fourth-order valence-corrected chi connectivity index (χ4v) is 1.36. The number of nitrogens with one attached hydrogen (secondary N) is 1. The Morgan fingerprint density at radius 1 is 1.36 bits per heavy atom. The van der Waals surface area contributed by atoms with Gasteiger partial charge in [0, 0.05) is 13.7 Å². The molecule has 5 nitrogen and oxygen atoms in total. The minimum Gasteiger partial charge on any atom is -0.438 e. The Kier molecular flexibility index (Phi) is 6.61. The summed E-state index contributed by atoms with van der Waals surface area (Å²) < 4.78 is 14.6. The summed E-state index contributed by atoms with van der Waals surface area (Å²) in [7, 11) is 2.91. The third-order valence-electron chi connectivity index (χ3n) is 2.08. The van der Waals surface area contributed by atoms with Gasteiger partial charge in [-0.2, -0.15) is 0 Å². The Bertz CT molecular complexity index is 179. The van der Waals surface area contributed by atoms with Crippen molar-refractivity contribution in [3.8, 4) is 0 Å². The van der Waals surface area contributed by atoms with Gasteiger partial charge in [-0.15, -0.1) is 12.4 Å². The van der Waals surface area contributed by atoms with Gasteiger partial charge < -0.3 is 19.5 Å². The van der Waals surface area contributed by atoms with Crippen LogP contribution in [-0.2, 0) is 14.2 Å². The first-order valence-electron chi connectivity index (χ1n) is 4.26. The van der Waals surface area contributed by atoms with Crippen LogP contribution in [0.1, 0.15) is 6.42 Å². The highest BCUT2D eigenvalue weighted by molar-refractivity contribution is 5.85. The lowest BCUT2D eigenvalue weighted by atomic mass is 10.1. The van der Waals surface area contributed by atoms with E-state index in [0.717, 1.165) is 13.0 Å². The van der Waals surface area contributed by atoms with E-state index in [1.807, 2.05) is 0 Å². The lowest BCUT2D eigenvalue weighted by Crippen LogP contribution is -2.47. The molecule has 0 aromatic rings. The van der Waals surface area contributed by atoms with E-state index in [9.17, 15) is 4.79 Å². The highest BCUT2D eigenvalue weighted by Gasteiger charge is 2.28. The van der Waals surface area contributed by atoms with Crippen molar-refractivity contribution in [3.63, 3.8) is 0 Å². The molecule has 6 heteroatoms. The number of rotatable bonds is 2. The molecule has 0 amide bonds. The molecule has 0 radical (unpaired) electrons. The van der Waals surface area contributed by atoms with Gasteiger partial charge in [-0.05, 0) is 13.0 Å². The molecule has 1 fully saturated rings. The number of halogens is 1. The molecule has 1 aliphatic rings. The summed E-state index contributed by atoms with van der Waals surface area (Å²) >= 11 is 0. The average Bonchev–Trinajstić information content (AvgIpc) is 2.18. The van der Waals surface area contributed by atoms with Gasteiger partial charge in [0.1, 0.15) is 6.10 Å². The summed E-state index contributed by atoms with van der Waals surface area (Å²) in [5.41, 5.74) is 0. The molecule has 0 spiro atoms. The van der Waals surface area contributed by atoms with Crippen LogP contribution in [0.15, 0.2) is 0 Å². The van der Waals surface area contributed by atoms with E-state index >= 15 is 0 Å². The zero-order chi connectivity index (χ0) is 9.68. The van der Waals surface area contributed by atoms with E-state index < -0.39 is 6.16 Å². The summed E-state index contributed by atoms with van der Waals surface area (Å²) in [4.78, 5) is 10.8. The fraction of sp³-hybridized carbons (Fsp3) is 0.875. The maximum absolute atomic E-state index is 10.8. The summed E-state index contributed by atoms with van der Waals surface area (Å²) in [6.45, 7) is 1.51. The highest BCUT2D eigenvalue weighted by atomic mass is 35.5. The van der Waals surface area contributed by atoms with Crippen molar-refractivity contribution in [1.82, 2.24) is 5.32 Å². The minimum absolute atomic E-state index is 0. The second-order valence-corrected chi connectivity index (χ2v) is 2.88. The van der Waals surface area contributed by atoms with Crippen molar-refractivity contribution in [2.24, 2.45) is 0 Å². The third kappa shape index (κ3) is 3.69. The van der Waals surface area contributed by atoms with E-state index in [0.29, 0.717) is 6.54 Å². The molecular formula is C8H16ClNO4. The number of carbonyl (C=O) groups excluding carboxylic acids is 1. The van der Waals surface area contributed by atoms with Crippen LogP contribution in [0.5, 0.6) is 0 Å². The van der Waals surface area contributed by atoms with Crippen molar-refractivity contribution in [2.75, 3.05) is 27.3 Å². The maximum atomic E-state index is 10.8. The molecule has 0 bridgehead atoms. The molecule has 2 atom stereocenters. The standard InChI is InChI=1S/C8H15NO4.ClH/c1-11-6-3-4-9-5-7(6)13-8(10)12-2;/h6-7,9H,3-5H2,1-2H3;1H/t6-,7+;/m1./s1. The number of hydrogen-bond donors (Lipinski definition) is 1. The Balaban J connectivity index is 0.00000169. The molecule has 1 N–H and O–H groups in total. The molecule has 1 aliphatic heterocycles. The quantitative estimate of drug-likeness (QED) is 0.697. The monoisotopic (exact) mass is 225 g/mol. The average molecular weight is 226 g/mol. The first-order chi connectivity index (χ1) is 6.27. The molecule has 0 aromatic heterocycles. The Hall–Kier alpha value is -0.520. The van der Waals surface area contributed by atoms with Crippen molar-refractivity contribution >= 4 is 18.6 Å². The first kappa shape index (κ1) is 13.5. The molecule has 0 saturated carbocycles. The van der Waals surface area contributed by atoms with Gasteiger partial charge in [0.15, 0.2) is 0 Å². The van der Waals surface area contributed by atoms with Crippen molar-refractivity contribution in [1.29, 1.82) is 0 Å². The normalized spacial score (nSPS) is 26.1. The van der Waals surface area contributed by atoms with E-state index in [-0.39, 0.29) is 24.6 Å². The second kappa shape index (κ2) is 6.86. The Labute approximate surface area is 89.5 Å². The smallest absolute Gasteiger partial charge is 0.438 e. The summed E-state index contributed by atoms with van der Waals surface area (Å²) in [5, 5.41) is 3.12. The van der Waals surface area contributed by atoms with Gasteiger partial charge >= 0.3 is 6.16 Å². The molecule has 0 unspecified atom stereocenters. The number of piperidine rings is 1. The Morgan fingerprint density at radius 2 is 2.07 bits per heavy atom. The van der Waals surface area contributed by atoms with Crippen LogP contribution >= 0.6 is 12.4 Å². The van der Waals surface area contributed by atoms with Crippen LogP contribution in [0.25, 0.3) is 0 Å². The highest BCUT2D eigenvalue weighted by Crippen LogP contribution is 2.11. The largest absolute Gasteiger partial charge is 0.508 e.